The lowest BCUT2D eigenvalue weighted by Crippen LogP contribution is -2.52. The Morgan fingerprint density at radius 3 is 2.64 bits per heavy atom. The molecular formula is C26H32N4O3. The maximum atomic E-state index is 12.4. The highest BCUT2D eigenvalue weighted by Gasteiger charge is 2.31. The molecule has 0 aliphatic rings. The van der Waals surface area contributed by atoms with Crippen molar-refractivity contribution in [2.24, 2.45) is 5.92 Å². The molecule has 2 N–H and O–H groups in total. The zero-order valence-corrected chi connectivity index (χ0v) is 20.2. The third kappa shape index (κ3) is 6.26. The third-order valence-electron chi connectivity index (χ3n) is 5.07. The number of fused-ring (bicyclic) bond motifs is 1. The van der Waals surface area contributed by atoms with Crippen molar-refractivity contribution in [3.8, 4) is 22.9 Å². The number of nitrogens with zero attached hydrogens (tertiary/aromatic N) is 2. The number of aromatic nitrogens is 2. The molecule has 0 spiro atoms. The number of nitriles is 1. The number of aromatic amines is 1. The Hall–Kier alpha value is -3.53. The first kappa shape index (κ1) is 24.1. The van der Waals surface area contributed by atoms with Gasteiger partial charge in [-0.05, 0) is 69.9 Å². The Morgan fingerprint density at radius 2 is 1.97 bits per heavy atom. The highest BCUT2D eigenvalue weighted by molar-refractivity contribution is 5.91. The smallest absolute Gasteiger partial charge is 0.408 e. The van der Waals surface area contributed by atoms with Crippen LogP contribution in [0.25, 0.3) is 22.2 Å². The number of carbonyl (C=O) groups excluding carboxylic acids is 1. The Kier molecular flexibility index (Phi) is 6.97. The highest BCUT2D eigenvalue weighted by atomic mass is 16.6. The minimum absolute atomic E-state index is 0.203. The van der Waals surface area contributed by atoms with Gasteiger partial charge in [0, 0.05) is 18.0 Å². The summed E-state index contributed by atoms with van der Waals surface area (Å²) in [5.41, 5.74) is 2.81. The van der Waals surface area contributed by atoms with E-state index in [9.17, 15) is 10.1 Å². The van der Waals surface area contributed by atoms with Gasteiger partial charge in [0.25, 0.3) is 0 Å². The standard InChI is InChI=1S/C26H32N4O3/c1-17(2)14-26(6,30-24(31)33-25(3,4)5)16-32-22-8-7-18(13-19(22)15-27)20-9-11-28-21-10-12-29-23(20)21/h7-13,17,29H,14,16H2,1-6H3,(H,30,31). The summed E-state index contributed by atoms with van der Waals surface area (Å²) in [6.45, 7) is 11.8. The number of H-pyrrole nitrogens is 1. The molecule has 3 rings (SSSR count). The zero-order valence-electron chi connectivity index (χ0n) is 20.2. The molecule has 2 heterocycles. The van der Waals surface area contributed by atoms with Crippen LogP contribution in [0.5, 0.6) is 5.75 Å². The average Bonchev–Trinajstić information content (AvgIpc) is 3.19. The topological polar surface area (TPSA) is 100 Å². The number of carbonyl (C=O) groups is 1. The van der Waals surface area contributed by atoms with E-state index in [1.54, 1.807) is 12.3 Å². The molecule has 0 aliphatic carbocycles. The number of benzene rings is 1. The Morgan fingerprint density at radius 1 is 1.21 bits per heavy atom. The van der Waals surface area contributed by atoms with Crippen LogP contribution in [0.3, 0.4) is 0 Å². The van der Waals surface area contributed by atoms with Gasteiger partial charge in [0.1, 0.15) is 24.0 Å². The minimum atomic E-state index is -0.663. The van der Waals surface area contributed by atoms with Gasteiger partial charge in [-0.1, -0.05) is 19.9 Å². The van der Waals surface area contributed by atoms with Crippen molar-refractivity contribution >= 4 is 17.1 Å². The molecule has 0 saturated carbocycles. The second kappa shape index (κ2) is 9.53. The molecule has 3 aromatic rings. The fourth-order valence-corrected chi connectivity index (χ4v) is 3.95. The predicted octanol–water partition coefficient (Wildman–Crippen LogP) is 5.81. The van der Waals surface area contributed by atoms with E-state index in [2.05, 4.69) is 35.2 Å². The quantitative estimate of drug-likeness (QED) is 0.475. The van der Waals surface area contributed by atoms with E-state index in [-0.39, 0.29) is 6.61 Å². The molecule has 1 aromatic carbocycles. The molecule has 1 amide bonds. The molecule has 2 aromatic heterocycles. The van der Waals surface area contributed by atoms with Gasteiger partial charge in [0.2, 0.25) is 0 Å². The van der Waals surface area contributed by atoms with Gasteiger partial charge in [0.05, 0.1) is 22.1 Å². The van der Waals surface area contributed by atoms with Gasteiger partial charge in [0.15, 0.2) is 0 Å². The fraction of sp³-hybridized carbons (Fsp3) is 0.423. The molecule has 1 atom stereocenters. The fourth-order valence-electron chi connectivity index (χ4n) is 3.95. The second-order valence-corrected chi connectivity index (χ2v) is 9.99. The summed E-state index contributed by atoms with van der Waals surface area (Å²) >= 11 is 0. The van der Waals surface area contributed by atoms with Crippen molar-refractivity contribution in [2.45, 2.75) is 59.1 Å². The largest absolute Gasteiger partial charge is 0.490 e. The van der Waals surface area contributed by atoms with Gasteiger partial charge >= 0.3 is 6.09 Å². The van der Waals surface area contributed by atoms with Crippen LogP contribution >= 0.6 is 0 Å². The van der Waals surface area contributed by atoms with Gasteiger partial charge in [-0.25, -0.2) is 4.79 Å². The van der Waals surface area contributed by atoms with E-state index >= 15 is 0 Å². The first-order valence-corrected chi connectivity index (χ1v) is 11.1. The van der Waals surface area contributed by atoms with Gasteiger partial charge in [-0.3, -0.25) is 4.98 Å². The Balaban J connectivity index is 1.81. The number of amides is 1. The van der Waals surface area contributed by atoms with Crippen LogP contribution in [0.2, 0.25) is 0 Å². The number of alkyl carbamates (subject to hydrolysis) is 1. The number of hydrogen-bond acceptors (Lipinski definition) is 5. The summed E-state index contributed by atoms with van der Waals surface area (Å²) in [6.07, 6.45) is 3.80. The van der Waals surface area contributed by atoms with Gasteiger partial charge in [-0.15, -0.1) is 0 Å². The number of hydrogen-bond donors (Lipinski definition) is 2. The summed E-state index contributed by atoms with van der Waals surface area (Å²) in [6, 6.07) is 11.6. The molecule has 0 saturated heterocycles. The first-order valence-electron chi connectivity index (χ1n) is 11.1. The lowest BCUT2D eigenvalue weighted by Gasteiger charge is -2.33. The SMILES string of the molecule is CC(C)CC(C)(COc1ccc(-c2ccnc3cc[nH]c23)cc1C#N)NC(=O)OC(C)(C)C. The minimum Gasteiger partial charge on any atom is -0.490 e. The number of nitrogens with one attached hydrogen (secondary N) is 2. The predicted molar refractivity (Wildman–Crippen MR) is 129 cm³/mol. The Labute approximate surface area is 195 Å². The summed E-state index contributed by atoms with van der Waals surface area (Å²) < 4.78 is 11.5. The monoisotopic (exact) mass is 448 g/mol. The van der Waals surface area contributed by atoms with Crippen LogP contribution < -0.4 is 10.1 Å². The van der Waals surface area contributed by atoms with Crippen molar-refractivity contribution in [1.82, 2.24) is 15.3 Å². The number of rotatable bonds is 7. The summed E-state index contributed by atoms with van der Waals surface area (Å²) in [4.78, 5) is 20.0. The van der Waals surface area contributed by atoms with E-state index < -0.39 is 17.2 Å². The third-order valence-corrected chi connectivity index (χ3v) is 5.07. The van der Waals surface area contributed by atoms with E-state index in [1.165, 1.54) is 0 Å². The molecule has 174 valence electrons. The molecule has 0 aliphatic heterocycles. The lowest BCUT2D eigenvalue weighted by atomic mass is 9.91. The van der Waals surface area contributed by atoms with Crippen molar-refractivity contribution < 1.29 is 14.3 Å². The summed E-state index contributed by atoms with van der Waals surface area (Å²) in [7, 11) is 0. The number of pyridine rings is 1. The molecular weight excluding hydrogens is 416 g/mol. The van der Waals surface area contributed by atoms with Crippen molar-refractivity contribution in [1.29, 1.82) is 5.26 Å². The van der Waals surface area contributed by atoms with Crippen LogP contribution in [0.15, 0.2) is 42.7 Å². The van der Waals surface area contributed by atoms with Gasteiger partial charge < -0.3 is 19.8 Å². The van der Waals surface area contributed by atoms with Crippen LogP contribution in [0.4, 0.5) is 4.79 Å². The average molecular weight is 449 g/mol. The van der Waals surface area contributed by atoms with E-state index in [4.69, 9.17) is 9.47 Å². The van der Waals surface area contributed by atoms with Crippen molar-refractivity contribution in [2.75, 3.05) is 6.61 Å². The highest BCUT2D eigenvalue weighted by Crippen LogP contribution is 2.31. The van der Waals surface area contributed by atoms with Crippen LogP contribution in [0, 0.1) is 17.2 Å². The van der Waals surface area contributed by atoms with E-state index in [0.29, 0.717) is 23.7 Å². The molecule has 0 radical (unpaired) electrons. The maximum absolute atomic E-state index is 12.4. The van der Waals surface area contributed by atoms with Crippen LogP contribution in [-0.4, -0.2) is 33.8 Å². The maximum Gasteiger partial charge on any atom is 0.408 e. The summed E-state index contributed by atoms with van der Waals surface area (Å²) in [5.74, 6) is 0.792. The van der Waals surface area contributed by atoms with Crippen molar-refractivity contribution in [3.05, 3.63) is 48.3 Å². The van der Waals surface area contributed by atoms with E-state index in [0.717, 1.165) is 22.2 Å². The summed E-state index contributed by atoms with van der Waals surface area (Å²) in [5, 5.41) is 12.7. The second-order valence-electron chi connectivity index (χ2n) is 9.99. The number of ether oxygens (including phenoxy) is 2. The Bertz CT molecular complexity index is 1170. The lowest BCUT2D eigenvalue weighted by molar-refractivity contribution is 0.0408. The molecule has 0 bridgehead atoms. The molecule has 7 nitrogen and oxygen atoms in total. The van der Waals surface area contributed by atoms with E-state index in [1.807, 2.05) is 58.2 Å². The molecule has 0 fully saturated rings. The molecule has 33 heavy (non-hydrogen) atoms. The molecule has 7 heteroatoms. The van der Waals surface area contributed by atoms with Crippen LogP contribution in [-0.2, 0) is 4.74 Å². The van der Waals surface area contributed by atoms with Gasteiger partial charge in [-0.2, -0.15) is 5.26 Å². The normalized spacial score (nSPS) is 13.4. The first-order chi connectivity index (χ1) is 15.5. The van der Waals surface area contributed by atoms with Crippen molar-refractivity contribution in [3.63, 3.8) is 0 Å². The van der Waals surface area contributed by atoms with Crippen LogP contribution in [0.1, 0.15) is 53.5 Å². The zero-order chi connectivity index (χ0) is 24.2. The molecule has 1 unspecified atom stereocenters.